The molecule has 1 aromatic rings. The molecule has 2 fully saturated rings. The smallest absolute Gasteiger partial charge is 0.234 e. The van der Waals surface area contributed by atoms with Gasteiger partial charge in [0.2, 0.25) is 5.91 Å². The van der Waals surface area contributed by atoms with E-state index in [1.54, 1.807) is 0 Å². The van der Waals surface area contributed by atoms with Crippen LogP contribution in [-0.2, 0) is 16.0 Å². The van der Waals surface area contributed by atoms with Crippen molar-refractivity contribution in [3.8, 4) is 0 Å². The van der Waals surface area contributed by atoms with Crippen LogP contribution in [0.4, 0.5) is 0 Å². The fraction of sp³-hybridized carbons (Fsp3) is 0.786. The van der Waals surface area contributed by atoms with Gasteiger partial charge >= 0.3 is 0 Å². The Balaban J connectivity index is 1.36. The van der Waals surface area contributed by atoms with E-state index in [0.29, 0.717) is 25.2 Å². The molecule has 1 aromatic heterocycles. The number of hydrogen-bond acceptors (Lipinski definition) is 6. The summed E-state index contributed by atoms with van der Waals surface area (Å²) in [6.45, 7) is 1.97. The standard InChI is InChI=1S/C14H20N4O2S/c19-13(15-7-10-2-1-5-20-10)8-18-9-3-4-12(18)14-11(6-9)16-17-21-14/h9-10,12H,1-8H2,(H,15,19)/t9-,10-,12-/m0/s1. The van der Waals surface area contributed by atoms with Crippen molar-refractivity contribution in [2.75, 3.05) is 19.7 Å². The van der Waals surface area contributed by atoms with Gasteiger partial charge in [0, 0.05) is 31.7 Å². The summed E-state index contributed by atoms with van der Waals surface area (Å²) in [5.74, 6) is 0.114. The lowest BCUT2D eigenvalue weighted by Gasteiger charge is -2.32. The van der Waals surface area contributed by atoms with E-state index in [9.17, 15) is 4.79 Å². The Morgan fingerprint density at radius 2 is 2.38 bits per heavy atom. The number of fused-ring (bicyclic) bond motifs is 4. The van der Waals surface area contributed by atoms with Crippen molar-refractivity contribution in [3.05, 3.63) is 10.6 Å². The van der Waals surface area contributed by atoms with Crippen LogP contribution in [0.2, 0.25) is 0 Å². The molecular formula is C14H20N4O2S. The number of nitrogens with zero attached hydrogens (tertiary/aromatic N) is 3. The van der Waals surface area contributed by atoms with Crippen LogP contribution < -0.4 is 5.32 Å². The van der Waals surface area contributed by atoms with Crippen LogP contribution in [0.3, 0.4) is 0 Å². The number of aromatic nitrogens is 2. The second-order valence-corrected chi connectivity index (χ2v) is 6.93. The minimum absolute atomic E-state index is 0.114. The van der Waals surface area contributed by atoms with Gasteiger partial charge in [-0.3, -0.25) is 9.69 Å². The average molecular weight is 308 g/mol. The van der Waals surface area contributed by atoms with E-state index in [4.69, 9.17) is 4.74 Å². The first-order valence-corrected chi connectivity index (χ1v) is 8.54. The number of hydrogen-bond donors (Lipinski definition) is 1. The van der Waals surface area contributed by atoms with E-state index >= 15 is 0 Å². The molecule has 0 aromatic carbocycles. The molecule has 4 heterocycles. The molecule has 0 radical (unpaired) electrons. The van der Waals surface area contributed by atoms with Gasteiger partial charge in [0.1, 0.15) is 0 Å². The van der Waals surface area contributed by atoms with Crippen LogP contribution in [0, 0.1) is 0 Å². The molecule has 0 unspecified atom stereocenters. The first-order valence-electron chi connectivity index (χ1n) is 7.76. The first-order chi connectivity index (χ1) is 10.3. The summed E-state index contributed by atoms with van der Waals surface area (Å²) < 4.78 is 9.61. The molecular weight excluding hydrogens is 288 g/mol. The zero-order valence-electron chi connectivity index (χ0n) is 12.0. The molecule has 1 amide bonds. The molecule has 7 heteroatoms. The predicted molar refractivity (Wildman–Crippen MR) is 78.1 cm³/mol. The Labute approximate surface area is 128 Å². The summed E-state index contributed by atoms with van der Waals surface area (Å²) in [4.78, 5) is 15.8. The Morgan fingerprint density at radius 1 is 1.43 bits per heavy atom. The van der Waals surface area contributed by atoms with E-state index in [1.165, 1.54) is 16.4 Å². The number of ether oxygens (including phenoxy) is 1. The highest BCUT2D eigenvalue weighted by Gasteiger charge is 2.42. The number of carbonyl (C=O) groups is 1. The van der Waals surface area contributed by atoms with Crippen molar-refractivity contribution in [3.63, 3.8) is 0 Å². The molecule has 3 atom stereocenters. The highest BCUT2D eigenvalue weighted by atomic mass is 32.1. The third kappa shape index (κ3) is 2.58. The second kappa shape index (κ2) is 5.62. The fourth-order valence-electron chi connectivity index (χ4n) is 3.76. The number of carbonyl (C=O) groups excluding carboxylic acids is 1. The van der Waals surface area contributed by atoms with Gasteiger partial charge in [-0.15, -0.1) is 5.10 Å². The minimum Gasteiger partial charge on any atom is -0.376 e. The lowest BCUT2D eigenvalue weighted by molar-refractivity contribution is -0.123. The summed E-state index contributed by atoms with van der Waals surface area (Å²) in [6, 6.07) is 0.812. The monoisotopic (exact) mass is 308 g/mol. The van der Waals surface area contributed by atoms with Crippen molar-refractivity contribution < 1.29 is 9.53 Å². The maximum Gasteiger partial charge on any atom is 0.234 e. The van der Waals surface area contributed by atoms with Crippen LogP contribution in [0.25, 0.3) is 0 Å². The van der Waals surface area contributed by atoms with E-state index in [-0.39, 0.29) is 12.0 Å². The number of nitrogens with one attached hydrogen (secondary N) is 1. The largest absolute Gasteiger partial charge is 0.376 e. The molecule has 2 saturated heterocycles. The van der Waals surface area contributed by atoms with Crippen molar-refractivity contribution in [1.82, 2.24) is 19.8 Å². The van der Waals surface area contributed by atoms with Gasteiger partial charge < -0.3 is 10.1 Å². The van der Waals surface area contributed by atoms with Crippen molar-refractivity contribution in [2.45, 2.75) is 50.3 Å². The first kappa shape index (κ1) is 13.6. The molecule has 4 rings (SSSR count). The number of amides is 1. The van der Waals surface area contributed by atoms with Gasteiger partial charge in [-0.2, -0.15) is 0 Å². The van der Waals surface area contributed by atoms with Gasteiger partial charge in [-0.1, -0.05) is 4.49 Å². The molecule has 21 heavy (non-hydrogen) atoms. The normalized spacial score (nSPS) is 31.3. The van der Waals surface area contributed by atoms with Gasteiger partial charge in [-0.25, -0.2) is 0 Å². The van der Waals surface area contributed by atoms with Crippen LogP contribution in [0.15, 0.2) is 0 Å². The van der Waals surface area contributed by atoms with Crippen molar-refractivity contribution in [2.24, 2.45) is 0 Å². The Kier molecular flexibility index (Phi) is 3.64. The molecule has 2 bridgehead atoms. The van der Waals surface area contributed by atoms with Crippen LogP contribution in [0.5, 0.6) is 0 Å². The van der Waals surface area contributed by atoms with Crippen molar-refractivity contribution in [1.29, 1.82) is 0 Å². The summed E-state index contributed by atoms with van der Waals surface area (Å²) in [6.07, 6.45) is 5.61. The lowest BCUT2D eigenvalue weighted by atomic mass is 10.1. The predicted octanol–water partition coefficient (Wildman–Crippen LogP) is 0.895. The topological polar surface area (TPSA) is 67.4 Å². The molecule has 3 aliphatic heterocycles. The lowest BCUT2D eigenvalue weighted by Crippen LogP contribution is -2.45. The SMILES string of the molecule is O=C(CN1[C@H]2CC[C@H]1c1snnc1C2)NC[C@@H]1CCCO1. The third-order valence-electron chi connectivity index (χ3n) is 4.84. The van der Waals surface area contributed by atoms with Gasteiger partial charge in [-0.05, 0) is 37.2 Å². The molecule has 6 nitrogen and oxygen atoms in total. The second-order valence-electron chi connectivity index (χ2n) is 6.15. The quantitative estimate of drug-likeness (QED) is 0.895. The van der Waals surface area contributed by atoms with Crippen molar-refractivity contribution >= 4 is 17.4 Å². The van der Waals surface area contributed by atoms with Gasteiger partial charge in [0.25, 0.3) is 0 Å². The Bertz CT molecular complexity index is 529. The summed E-state index contributed by atoms with van der Waals surface area (Å²) in [5.41, 5.74) is 1.16. The zero-order chi connectivity index (χ0) is 14.2. The minimum atomic E-state index is 0.114. The van der Waals surface area contributed by atoms with Crippen LogP contribution in [0.1, 0.15) is 42.3 Å². The zero-order valence-corrected chi connectivity index (χ0v) is 12.8. The summed E-state index contributed by atoms with van der Waals surface area (Å²) in [7, 11) is 0. The molecule has 3 aliphatic rings. The number of rotatable bonds is 4. The van der Waals surface area contributed by atoms with Crippen LogP contribution in [-0.4, -0.2) is 52.2 Å². The summed E-state index contributed by atoms with van der Waals surface area (Å²) in [5, 5.41) is 7.25. The van der Waals surface area contributed by atoms with E-state index in [1.807, 2.05) is 0 Å². The molecule has 1 N–H and O–H groups in total. The fourth-order valence-corrected chi connectivity index (χ4v) is 4.60. The Morgan fingerprint density at radius 3 is 3.24 bits per heavy atom. The van der Waals surface area contributed by atoms with E-state index < -0.39 is 0 Å². The third-order valence-corrected chi connectivity index (χ3v) is 5.70. The van der Waals surface area contributed by atoms with E-state index in [2.05, 4.69) is 19.8 Å². The Hall–Kier alpha value is -1.05. The molecule has 0 spiro atoms. The molecule has 0 saturated carbocycles. The summed E-state index contributed by atoms with van der Waals surface area (Å²) >= 11 is 1.49. The van der Waals surface area contributed by atoms with E-state index in [0.717, 1.165) is 44.4 Å². The highest BCUT2D eigenvalue weighted by molar-refractivity contribution is 7.05. The van der Waals surface area contributed by atoms with Gasteiger partial charge in [0.05, 0.1) is 23.2 Å². The highest BCUT2D eigenvalue weighted by Crippen LogP contribution is 2.44. The molecule has 114 valence electrons. The maximum atomic E-state index is 12.2. The maximum absolute atomic E-state index is 12.2. The van der Waals surface area contributed by atoms with Crippen LogP contribution >= 0.6 is 11.5 Å². The molecule has 0 aliphatic carbocycles. The van der Waals surface area contributed by atoms with Gasteiger partial charge in [0.15, 0.2) is 0 Å². The average Bonchev–Trinajstić information content (AvgIpc) is 3.19.